The molecule has 1 atom stereocenters. The van der Waals surface area contributed by atoms with Crippen LogP contribution in [0.4, 0.5) is 0 Å². The van der Waals surface area contributed by atoms with E-state index in [1.807, 2.05) is 0 Å². The Labute approximate surface area is 85.5 Å². The third-order valence-corrected chi connectivity index (χ3v) is 4.04. The van der Waals surface area contributed by atoms with Crippen molar-refractivity contribution >= 4 is 7.82 Å². The number of phosphoric acid groups is 1. The molecule has 0 saturated carbocycles. The van der Waals surface area contributed by atoms with Gasteiger partial charge in [0.05, 0.1) is 19.8 Å². The van der Waals surface area contributed by atoms with E-state index in [1.165, 1.54) is 0 Å². The van der Waals surface area contributed by atoms with Crippen LogP contribution >= 0.6 is 7.82 Å². The SMILES string of the molecule is CC(C)C(C)CCOP1(=O)OCCO1. The minimum Gasteiger partial charge on any atom is -0.287 e. The van der Waals surface area contributed by atoms with Crippen LogP contribution in [0.3, 0.4) is 0 Å². The van der Waals surface area contributed by atoms with E-state index in [2.05, 4.69) is 20.8 Å². The summed E-state index contributed by atoms with van der Waals surface area (Å²) < 4.78 is 26.4. The quantitative estimate of drug-likeness (QED) is 0.671. The first kappa shape index (κ1) is 12.2. The predicted molar refractivity (Wildman–Crippen MR) is 54.1 cm³/mol. The van der Waals surface area contributed by atoms with Gasteiger partial charge in [-0.05, 0) is 18.3 Å². The molecule has 1 saturated heterocycles. The monoisotopic (exact) mass is 222 g/mol. The number of hydrogen-bond acceptors (Lipinski definition) is 4. The fourth-order valence-electron chi connectivity index (χ4n) is 1.09. The van der Waals surface area contributed by atoms with Gasteiger partial charge in [-0.15, -0.1) is 0 Å². The topological polar surface area (TPSA) is 44.8 Å². The number of phosphoric ester groups is 1. The van der Waals surface area contributed by atoms with Gasteiger partial charge in [0.25, 0.3) is 0 Å². The van der Waals surface area contributed by atoms with Crippen LogP contribution in [0.25, 0.3) is 0 Å². The first-order valence-electron chi connectivity index (χ1n) is 5.07. The van der Waals surface area contributed by atoms with Crippen LogP contribution < -0.4 is 0 Å². The molecular formula is C9H19O4P. The summed E-state index contributed by atoms with van der Waals surface area (Å²) in [6.45, 7) is 7.66. The molecule has 14 heavy (non-hydrogen) atoms. The van der Waals surface area contributed by atoms with Crippen molar-refractivity contribution in [3.8, 4) is 0 Å². The van der Waals surface area contributed by atoms with Crippen LogP contribution in [-0.4, -0.2) is 19.8 Å². The lowest BCUT2D eigenvalue weighted by Crippen LogP contribution is -2.07. The van der Waals surface area contributed by atoms with Crippen molar-refractivity contribution < 1.29 is 18.1 Å². The molecule has 0 aromatic rings. The highest BCUT2D eigenvalue weighted by atomic mass is 31.2. The highest BCUT2D eigenvalue weighted by Crippen LogP contribution is 2.52. The summed E-state index contributed by atoms with van der Waals surface area (Å²) in [7, 11) is -3.16. The third-order valence-electron chi connectivity index (χ3n) is 2.54. The van der Waals surface area contributed by atoms with E-state index in [0.717, 1.165) is 6.42 Å². The second-order valence-electron chi connectivity index (χ2n) is 3.96. The van der Waals surface area contributed by atoms with Gasteiger partial charge in [0.1, 0.15) is 0 Å². The highest BCUT2D eigenvalue weighted by Gasteiger charge is 2.31. The van der Waals surface area contributed by atoms with E-state index in [9.17, 15) is 4.57 Å². The fourth-order valence-corrected chi connectivity index (χ4v) is 2.24. The first-order valence-corrected chi connectivity index (χ1v) is 6.53. The Kier molecular flexibility index (Phi) is 4.58. The number of rotatable bonds is 5. The lowest BCUT2D eigenvalue weighted by Gasteiger charge is -2.16. The van der Waals surface area contributed by atoms with Crippen molar-refractivity contribution in [3.05, 3.63) is 0 Å². The summed E-state index contributed by atoms with van der Waals surface area (Å²) in [4.78, 5) is 0. The summed E-state index contributed by atoms with van der Waals surface area (Å²) in [5.41, 5.74) is 0. The Hall–Kier alpha value is 0.110. The lowest BCUT2D eigenvalue weighted by molar-refractivity contribution is 0.174. The predicted octanol–water partition coefficient (Wildman–Crippen LogP) is 2.84. The Bertz CT molecular complexity index is 207. The molecule has 1 aliphatic heterocycles. The van der Waals surface area contributed by atoms with Crippen molar-refractivity contribution in [2.24, 2.45) is 11.8 Å². The number of hydrogen-bond donors (Lipinski definition) is 0. The maximum atomic E-state index is 11.5. The van der Waals surface area contributed by atoms with E-state index in [1.54, 1.807) is 0 Å². The van der Waals surface area contributed by atoms with Gasteiger partial charge >= 0.3 is 7.82 Å². The molecule has 0 spiro atoms. The Morgan fingerprint density at radius 3 is 2.36 bits per heavy atom. The Morgan fingerprint density at radius 1 is 1.29 bits per heavy atom. The molecule has 84 valence electrons. The van der Waals surface area contributed by atoms with Crippen LogP contribution in [0, 0.1) is 11.8 Å². The van der Waals surface area contributed by atoms with E-state index < -0.39 is 7.82 Å². The summed E-state index contributed by atoms with van der Waals surface area (Å²) >= 11 is 0. The van der Waals surface area contributed by atoms with Gasteiger partial charge in [0.2, 0.25) is 0 Å². The van der Waals surface area contributed by atoms with Crippen LogP contribution in [0.1, 0.15) is 27.2 Å². The molecule has 0 radical (unpaired) electrons. The van der Waals surface area contributed by atoms with Crippen molar-refractivity contribution in [1.29, 1.82) is 0 Å². The average molecular weight is 222 g/mol. The van der Waals surface area contributed by atoms with Gasteiger partial charge in [0.15, 0.2) is 0 Å². The molecule has 0 aromatic heterocycles. The van der Waals surface area contributed by atoms with Crippen molar-refractivity contribution in [1.82, 2.24) is 0 Å². The molecule has 0 bridgehead atoms. The van der Waals surface area contributed by atoms with Gasteiger partial charge in [0, 0.05) is 0 Å². The summed E-state index contributed by atoms with van der Waals surface area (Å²) in [6.07, 6.45) is 0.883. The van der Waals surface area contributed by atoms with Crippen molar-refractivity contribution in [3.63, 3.8) is 0 Å². The van der Waals surface area contributed by atoms with Gasteiger partial charge in [-0.3, -0.25) is 13.6 Å². The molecule has 0 aliphatic carbocycles. The largest absolute Gasteiger partial charge is 0.474 e. The van der Waals surface area contributed by atoms with Crippen LogP contribution in [0.15, 0.2) is 0 Å². The molecule has 0 amide bonds. The molecule has 4 nitrogen and oxygen atoms in total. The van der Waals surface area contributed by atoms with Gasteiger partial charge in [-0.2, -0.15) is 0 Å². The van der Waals surface area contributed by atoms with E-state index in [4.69, 9.17) is 13.6 Å². The van der Waals surface area contributed by atoms with Crippen LogP contribution in [0.2, 0.25) is 0 Å². The summed E-state index contributed by atoms with van der Waals surface area (Å²) in [5, 5.41) is 0. The van der Waals surface area contributed by atoms with Crippen LogP contribution in [-0.2, 0) is 18.1 Å². The van der Waals surface area contributed by atoms with E-state index in [0.29, 0.717) is 31.7 Å². The van der Waals surface area contributed by atoms with Crippen molar-refractivity contribution in [2.75, 3.05) is 19.8 Å². The van der Waals surface area contributed by atoms with E-state index in [-0.39, 0.29) is 0 Å². The molecule has 1 unspecified atom stereocenters. The molecule has 0 N–H and O–H groups in total. The second kappa shape index (κ2) is 5.26. The molecule has 1 fully saturated rings. The fraction of sp³-hybridized carbons (Fsp3) is 1.00. The lowest BCUT2D eigenvalue weighted by atomic mass is 9.95. The highest BCUT2D eigenvalue weighted by molar-refractivity contribution is 7.48. The Morgan fingerprint density at radius 2 is 1.86 bits per heavy atom. The zero-order valence-corrected chi connectivity index (χ0v) is 9.96. The molecule has 1 rings (SSSR count). The summed E-state index contributed by atoms with van der Waals surface area (Å²) in [6, 6.07) is 0. The maximum absolute atomic E-state index is 11.5. The van der Waals surface area contributed by atoms with E-state index >= 15 is 0 Å². The zero-order chi connectivity index (χ0) is 10.6. The first-order chi connectivity index (χ1) is 6.53. The standard InChI is InChI=1S/C9H19O4P/c1-8(2)9(3)4-5-11-14(10)12-6-7-13-14/h8-9H,4-7H2,1-3H3. The molecule has 1 aliphatic rings. The minimum atomic E-state index is -3.16. The molecular weight excluding hydrogens is 203 g/mol. The third kappa shape index (κ3) is 3.70. The maximum Gasteiger partial charge on any atom is 0.474 e. The van der Waals surface area contributed by atoms with Crippen molar-refractivity contribution in [2.45, 2.75) is 27.2 Å². The summed E-state index contributed by atoms with van der Waals surface area (Å²) in [5.74, 6) is 1.18. The zero-order valence-electron chi connectivity index (χ0n) is 9.06. The minimum absolute atomic E-state index is 0.372. The Balaban J connectivity index is 2.17. The second-order valence-corrected chi connectivity index (χ2v) is 5.63. The van der Waals surface area contributed by atoms with Crippen LogP contribution in [0.5, 0.6) is 0 Å². The van der Waals surface area contributed by atoms with Gasteiger partial charge in [-0.1, -0.05) is 20.8 Å². The molecule has 0 aromatic carbocycles. The normalized spacial score (nSPS) is 22.9. The average Bonchev–Trinajstić information content (AvgIpc) is 2.52. The molecule has 1 heterocycles. The van der Waals surface area contributed by atoms with Gasteiger partial charge < -0.3 is 0 Å². The van der Waals surface area contributed by atoms with Gasteiger partial charge in [-0.25, -0.2) is 4.57 Å². The molecule has 5 heteroatoms. The smallest absolute Gasteiger partial charge is 0.287 e.